The van der Waals surface area contributed by atoms with Crippen LogP contribution in [0.3, 0.4) is 0 Å². The maximum Gasteiger partial charge on any atom is 0.198 e. The van der Waals surface area contributed by atoms with Crippen LogP contribution in [0.5, 0.6) is 0 Å². The van der Waals surface area contributed by atoms with Gasteiger partial charge in [0.15, 0.2) is 11.0 Å². The lowest BCUT2D eigenvalue weighted by Gasteiger charge is -2.10. The maximum atomic E-state index is 13.8. The second kappa shape index (κ2) is 7.72. The normalized spacial score (nSPS) is 11.3. The summed E-state index contributed by atoms with van der Waals surface area (Å²) in [6, 6.07) is 16.4. The van der Waals surface area contributed by atoms with Crippen molar-refractivity contribution in [3.63, 3.8) is 0 Å². The second-order valence-corrected chi connectivity index (χ2v) is 7.67. The highest BCUT2D eigenvalue weighted by Gasteiger charge is 2.19. The van der Waals surface area contributed by atoms with Crippen LogP contribution >= 0.6 is 11.8 Å². The summed E-state index contributed by atoms with van der Waals surface area (Å²) in [7, 11) is 0. The molecule has 0 radical (unpaired) electrons. The number of rotatable bonds is 5. The molecule has 148 valence electrons. The van der Waals surface area contributed by atoms with E-state index in [0.717, 1.165) is 16.9 Å². The monoisotopic (exact) mass is 417 g/mol. The van der Waals surface area contributed by atoms with Gasteiger partial charge < -0.3 is 4.42 Å². The van der Waals surface area contributed by atoms with E-state index in [1.807, 2.05) is 35.8 Å². The largest absolute Gasteiger partial charge is 0.469 e. The van der Waals surface area contributed by atoms with Crippen LogP contribution < -0.4 is 0 Å². The molecule has 0 aliphatic rings. The van der Waals surface area contributed by atoms with Crippen LogP contribution in [0.1, 0.15) is 11.3 Å². The van der Waals surface area contributed by atoms with Crippen molar-refractivity contribution in [3.8, 4) is 11.4 Å². The number of hydrogen-bond acceptors (Lipinski definition) is 6. The minimum absolute atomic E-state index is 0.334. The first kappa shape index (κ1) is 18.5. The standard InChI is InChI=1S/C22H16FN5OS/c1-14-17(9-10-29-14)20-26-27-22(28(20)12-15-5-3-2-4-6-15)30-21-18-11-16(23)7-8-19(18)24-13-25-21/h2-11,13H,12H2,1H3. The van der Waals surface area contributed by atoms with Crippen LogP contribution in [-0.2, 0) is 6.54 Å². The quantitative estimate of drug-likeness (QED) is 0.369. The number of aryl methyl sites for hydroxylation is 1. The van der Waals surface area contributed by atoms with Gasteiger partial charge in [0.05, 0.1) is 23.9 Å². The Hall–Kier alpha value is -3.52. The van der Waals surface area contributed by atoms with Crippen molar-refractivity contribution in [2.24, 2.45) is 0 Å². The highest BCUT2D eigenvalue weighted by molar-refractivity contribution is 7.99. The molecule has 5 rings (SSSR count). The topological polar surface area (TPSA) is 69.6 Å². The number of benzene rings is 2. The lowest BCUT2D eigenvalue weighted by Crippen LogP contribution is -2.04. The Kier molecular flexibility index (Phi) is 4.76. The summed E-state index contributed by atoms with van der Waals surface area (Å²) in [5.41, 5.74) is 2.66. The zero-order chi connectivity index (χ0) is 20.5. The van der Waals surface area contributed by atoms with Crippen molar-refractivity contribution in [1.29, 1.82) is 0 Å². The Morgan fingerprint density at radius 2 is 1.90 bits per heavy atom. The number of aromatic nitrogens is 5. The first-order valence-electron chi connectivity index (χ1n) is 9.29. The molecule has 0 unspecified atom stereocenters. The molecule has 0 N–H and O–H groups in total. The molecule has 0 saturated carbocycles. The van der Waals surface area contributed by atoms with Crippen LogP contribution in [-0.4, -0.2) is 24.7 Å². The van der Waals surface area contributed by atoms with E-state index in [1.165, 1.54) is 30.2 Å². The molecule has 0 aliphatic carbocycles. The van der Waals surface area contributed by atoms with Crippen LogP contribution in [0.2, 0.25) is 0 Å². The molecule has 0 saturated heterocycles. The van der Waals surface area contributed by atoms with Crippen molar-refractivity contribution in [2.45, 2.75) is 23.7 Å². The first-order chi connectivity index (χ1) is 14.7. The molecule has 0 spiro atoms. The van der Waals surface area contributed by atoms with E-state index in [9.17, 15) is 4.39 Å². The summed E-state index contributed by atoms with van der Waals surface area (Å²) >= 11 is 1.34. The smallest absolute Gasteiger partial charge is 0.198 e. The Bertz CT molecular complexity index is 1330. The average molecular weight is 417 g/mol. The Labute approximate surface area is 175 Å². The van der Waals surface area contributed by atoms with Crippen LogP contribution in [0.4, 0.5) is 4.39 Å². The van der Waals surface area contributed by atoms with Gasteiger partial charge in [-0.15, -0.1) is 10.2 Å². The lowest BCUT2D eigenvalue weighted by atomic mass is 10.2. The summed E-state index contributed by atoms with van der Waals surface area (Å²) in [5.74, 6) is 1.14. The lowest BCUT2D eigenvalue weighted by molar-refractivity contribution is 0.534. The van der Waals surface area contributed by atoms with E-state index >= 15 is 0 Å². The highest BCUT2D eigenvalue weighted by atomic mass is 32.2. The van der Waals surface area contributed by atoms with Gasteiger partial charge >= 0.3 is 0 Å². The molecule has 30 heavy (non-hydrogen) atoms. The predicted octanol–water partition coefficient (Wildman–Crippen LogP) is 5.13. The van der Waals surface area contributed by atoms with Gasteiger partial charge in [-0.3, -0.25) is 4.57 Å². The Morgan fingerprint density at radius 1 is 1.03 bits per heavy atom. The SMILES string of the molecule is Cc1occc1-c1nnc(Sc2ncnc3ccc(F)cc23)n1Cc1ccccc1. The summed E-state index contributed by atoms with van der Waals surface area (Å²) < 4.78 is 21.3. The van der Waals surface area contributed by atoms with Crippen LogP contribution in [0.15, 0.2) is 81.8 Å². The van der Waals surface area contributed by atoms with Gasteiger partial charge in [0.2, 0.25) is 0 Å². The molecule has 0 amide bonds. The number of nitrogens with zero attached hydrogens (tertiary/aromatic N) is 5. The summed E-state index contributed by atoms with van der Waals surface area (Å²) in [4.78, 5) is 8.59. The number of furan rings is 1. The fourth-order valence-corrected chi connectivity index (χ4v) is 4.15. The fourth-order valence-electron chi connectivity index (χ4n) is 3.26. The summed E-state index contributed by atoms with van der Waals surface area (Å²) in [5, 5.41) is 10.7. The van der Waals surface area contributed by atoms with Gasteiger partial charge in [0.1, 0.15) is 22.9 Å². The van der Waals surface area contributed by atoms with Gasteiger partial charge in [-0.25, -0.2) is 14.4 Å². The Balaban J connectivity index is 1.61. The number of fused-ring (bicyclic) bond motifs is 1. The fraction of sp³-hybridized carbons (Fsp3) is 0.0909. The van der Waals surface area contributed by atoms with Gasteiger partial charge in [-0.2, -0.15) is 0 Å². The molecule has 2 aromatic carbocycles. The molecule has 0 atom stereocenters. The van der Waals surface area contributed by atoms with Gasteiger partial charge in [0, 0.05) is 5.39 Å². The van der Waals surface area contributed by atoms with Crippen molar-refractivity contribution in [1.82, 2.24) is 24.7 Å². The van der Waals surface area contributed by atoms with Crippen molar-refractivity contribution in [2.75, 3.05) is 0 Å². The highest BCUT2D eigenvalue weighted by Crippen LogP contribution is 2.33. The van der Waals surface area contributed by atoms with E-state index in [2.05, 4.69) is 32.3 Å². The zero-order valence-electron chi connectivity index (χ0n) is 16.0. The van der Waals surface area contributed by atoms with E-state index in [4.69, 9.17) is 4.42 Å². The molecule has 5 aromatic rings. The van der Waals surface area contributed by atoms with Crippen LogP contribution in [0, 0.1) is 12.7 Å². The molecule has 0 aliphatic heterocycles. The zero-order valence-corrected chi connectivity index (χ0v) is 16.8. The summed E-state index contributed by atoms with van der Waals surface area (Å²) in [6.07, 6.45) is 3.11. The number of halogens is 1. The number of hydrogen-bond donors (Lipinski definition) is 0. The minimum Gasteiger partial charge on any atom is -0.469 e. The van der Waals surface area contributed by atoms with E-state index < -0.39 is 0 Å². The third-order valence-electron chi connectivity index (χ3n) is 4.75. The van der Waals surface area contributed by atoms with E-state index in [-0.39, 0.29) is 5.82 Å². The van der Waals surface area contributed by atoms with Crippen molar-refractivity contribution in [3.05, 3.63) is 84.3 Å². The molecule has 3 heterocycles. The van der Waals surface area contributed by atoms with E-state index in [0.29, 0.717) is 33.5 Å². The second-order valence-electron chi connectivity index (χ2n) is 6.71. The van der Waals surface area contributed by atoms with Gasteiger partial charge in [0.25, 0.3) is 0 Å². The van der Waals surface area contributed by atoms with Crippen LogP contribution in [0.25, 0.3) is 22.3 Å². The molecule has 3 aromatic heterocycles. The van der Waals surface area contributed by atoms with E-state index in [1.54, 1.807) is 12.3 Å². The first-order valence-corrected chi connectivity index (χ1v) is 10.1. The predicted molar refractivity (Wildman–Crippen MR) is 112 cm³/mol. The summed E-state index contributed by atoms with van der Waals surface area (Å²) in [6.45, 7) is 2.47. The Morgan fingerprint density at radius 3 is 2.70 bits per heavy atom. The maximum absolute atomic E-state index is 13.8. The molecular weight excluding hydrogens is 401 g/mol. The van der Waals surface area contributed by atoms with Crippen molar-refractivity contribution >= 4 is 22.7 Å². The third kappa shape index (κ3) is 3.46. The third-order valence-corrected chi connectivity index (χ3v) is 5.75. The molecule has 0 fully saturated rings. The minimum atomic E-state index is -0.334. The van der Waals surface area contributed by atoms with Gasteiger partial charge in [-0.1, -0.05) is 30.3 Å². The van der Waals surface area contributed by atoms with Crippen molar-refractivity contribution < 1.29 is 8.81 Å². The average Bonchev–Trinajstić information content (AvgIpc) is 3.35. The molecule has 8 heteroatoms. The van der Waals surface area contributed by atoms with Gasteiger partial charge in [-0.05, 0) is 48.5 Å². The molecular formula is C22H16FN5OS. The molecule has 0 bridgehead atoms. The molecule has 6 nitrogen and oxygen atoms in total.